The van der Waals surface area contributed by atoms with E-state index in [1.165, 1.54) is 7.05 Å². The van der Waals surface area contributed by atoms with Crippen molar-refractivity contribution < 1.29 is 9.59 Å². The lowest BCUT2D eigenvalue weighted by Crippen LogP contribution is -2.21. The van der Waals surface area contributed by atoms with E-state index < -0.39 is 5.91 Å². The first-order chi connectivity index (χ1) is 6.77. The molecule has 0 aliphatic heterocycles. The highest BCUT2D eigenvalue weighted by molar-refractivity contribution is 6.00. The van der Waals surface area contributed by atoms with Crippen LogP contribution < -0.4 is 5.32 Å². The highest BCUT2D eigenvalue weighted by Gasteiger charge is 2.09. The van der Waals surface area contributed by atoms with Gasteiger partial charge in [-0.25, -0.2) is 4.79 Å². The molecule has 4 heteroatoms. The Balaban J connectivity index is 2.78. The average Bonchev–Trinajstić information content (AvgIpc) is 2.26. The number of nitrogens with zero attached hydrogens (tertiary/aromatic N) is 1. The molecule has 0 bridgehead atoms. The maximum absolute atomic E-state index is 11.1. The van der Waals surface area contributed by atoms with Gasteiger partial charge in [-0.2, -0.15) is 0 Å². The molecule has 0 spiro atoms. The highest BCUT2D eigenvalue weighted by Crippen LogP contribution is 2.01. The quantitative estimate of drug-likeness (QED) is 0.544. The number of amides is 1. The number of pyridine rings is 1. The zero-order chi connectivity index (χ0) is 10.4. The van der Waals surface area contributed by atoms with Crippen molar-refractivity contribution in [1.29, 1.82) is 0 Å². The Morgan fingerprint density at radius 2 is 2.36 bits per heavy atom. The van der Waals surface area contributed by atoms with E-state index in [9.17, 15) is 9.59 Å². The van der Waals surface area contributed by atoms with Gasteiger partial charge in [-0.1, -0.05) is 6.07 Å². The SMILES string of the molecule is CNC(=O)C(=C=O)Cc1ccccn1. The minimum Gasteiger partial charge on any atom is -0.355 e. The monoisotopic (exact) mass is 190 g/mol. The van der Waals surface area contributed by atoms with E-state index in [0.717, 1.165) is 0 Å². The van der Waals surface area contributed by atoms with Crippen LogP contribution in [0.25, 0.3) is 0 Å². The van der Waals surface area contributed by atoms with Crippen molar-refractivity contribution in [3.63, 3.8) is 0 Å². The predicted molar refractivity (Wildman–Crippen MR) is 51.2 cm³/mol. The van der Waals surface area contributed by atoms with Crippen LogP contribution in [0.5, 0.6) is 0 Å². The van der Waals surface area contributed by atoms with Crippen LogP contribution in [0.4, 0.5) is 0 Å². The van der Waals surface area contributed by atoms with Crippen LogP contribution >= 0.6 is 0 Å². The van der Waals surface area contributed by atoms with E-state index in [1.54, 1.807) is 30.3 Å². The van der Waals surface area contributed by atoms with Gasteiger partial charge in [-0.3, -0.25) is 9.78 Å². The van der Waals surface area contributed by atoms with E-state index in [2.05, 4.69) is 10.3 Å². The number of hydrogen-bond donors (Lipinski definition) is 1. The Bertz CT molecular complexity index is 367. The van der Waals surface area contributed by atoms with E-state index in [4.69, 9.17) is 0 Å². The molecule has 1 N–H and O–H groups in total. The van der Waals surface area contributed by atoms with Gasteiger partial charge in [0.25, 0.3) is 5.91 Å². The van der Waals surface area contributed by atoms with Crippen molar-refractivity contribution in [2.24, 2.45) is 0 Å². The van der Waals surface area contributed by atoms with Gasteiger partial charge in [0.1, 0.15) is 11.5 Å². The third kappa shape index (κ3) is 2.54. The number of hydrogen-bond acceptors (Lipinski definition) is 3. The Morgan fingerprint density at radius 3 is 2.86 bits per heavy atom. The Labute approximate surface area is 81.7 Å². The summed E-state index contributed by atoms with van der Waals surface area (Å²) in [5.41, 5.74) is 0.737. The van der Waals surface area contributed by atoms with Crippen LogP contribution in [-0.2, 0) is 16.0 Å². The first-order valence-electron chi connectivity index (χ1n) is 4.14. The Morgan fingerprint density at radius 1 is 1.57 bits per heavy atom. The van der Waals surface area contributed by atoms with E-state index in [0.29, 0.717) is 5.69 Å². The van der Waals surface area contributed by atoms with Gasteiger partial charge in [0.2, 0.25) is 0 Å². The molecule has 0 saturated carbocycles. The molecule has 0 radical (unpaired) electrons. The third-order valence-electron chi connectivity index (χ3n) is 1.71. The molecule has 1 aromatic rings. The van der Waals surface area contributed by atoms with Crippen LogP contribution in [0.3, 0.4) is 0 Å². The third-order valence-corrected chi connectivity index (χ3v) is 1.71. The number of nitrogens with one attached hydrogen (secondary N) is 1. The number of rotatable bonds is 3. The summed E-state index contributed by atoms with van der Waals surface area (Å²) in [4.78, 5) is 25.6. The number of aromatic nitrogens is 1. The largest absolute Gasteiger partial charge is 0.355 e. The minimum absolute atomic E-state index is 0.0613. The fourth-order valence-corrected chi connectivity index (χ4v) is 0.997. The van der Waals surface area contributed by atoms with Gasteiger partial charge in [-0.15, -0.1) is 0 Å². The zero-order valence-electron chi connectivity index (χ0n) is 7.78. The molecular formula is C10H10N2O2. The lowest BCUT2D eigenvalue weighted by atomic mass is 10.1. The summed E-state index contributed by atoms with van der Waals surface area (Å²) in [5, 5.41) is 2.37. The van der Waals surface area contributed by atoms with E-state index >= 15 is 0 Å². The van der Waals surface area contributed by atoms with Crippen molar-refractivity contribution in [2.75, 3.05) is 7.05 Å². The molecule has 1 aromatic heterocycles. The summed E-state index contributed by atoms with van der Waals surface area (Å²) >= 11 is 0. The lowest BCUT2D eigenvalue weighted by Gasteiger charge is -2.00. The molecule has 0 fully saturated rings. The Hall–Kier alpha value is -1.93. The maximum Gasteiger partial charge on any atom is 0.258 e. The smallest absolute Gasteiger partial charge is 0.258 e. The molecule has 1 amide bonds. The van der Waals surface area contributed by atoms with Crippen LogP contribution in [0.1, 0.15) is 5.69 Å². The molecule has 0 atom stereocenters. The van der Waals surface area contributed by atoms with E-state index in [1.807, 2.05) is 0 Å². The van der Waals surface area contributed by atoms with Crippen LogP contribution in [-0.4, -0.2) is 23.9 Å². The predicted octanol–water partition coefficient (Wildman–Crippen LogP) is 0.128. The molecule has 0 aliphatic carbocycles. The molecule has 72 valence electrons. The maximum atomic E-state index is 11.1. The molecule has 0 unspecified atom stereocenters. The summed E-state index contributed by atoms with van der Waals surface area (Å²) in [6.45, 7) is 0. The number of likely N-dealkylation sites (N-methyl/N-ethyl adjacent to an activating group) is 1. The van der Waals surface area contributed by atoms with Gasteiger partial charge in [0.15, 0.2) is 0 Å². The topological polar surface area (TPSA) is 59.1 Å². The van der Waals surface area contributed by atoms with Crippen LogP contribution in [0.2, 0.25) is 0 Å². The molecule has 14 heavy (non-hydrogen) atoms. The van der Waals surface area contributed by atoms with Gasteiger partial charge < -0.3 is 5.32 Å². The summed E-state index contributed by atoms with van der Waals surface area (Å²) in [6.07, 6.45) is 1.83. The second kappa shape index (κ2) is 4.94. The molecular weight excluding hydrogens is 180 g/mol. The number of carbonyl (C=O) groups is 1. The normalized spacial score (nSPS) is 8.93. The zero-order valence-corrected chi connectivity index (χ0v) is 7.78. The van der Waals surface area contributed by atoms with E-state index in [-0.39, 0.29) is 12.0 Å². The van der Waals surface area contributed by atoms with Crippen molar-refractivity contribution in [3.05, 3.63) is 35.7 Å². The lowest BCUT2D eigenvalue weighted by molar-refractivity contribution is -0.117. The average molecular weight is 190 g/mol. The summed E-state index contributed by atoms with van der Waals surface area (Å²) < 4.78 is 0. The summed E-state index contributed by atoms with van der Waals surface area (Å²) in [6, 6.07) is 5.32. The van der Waals surface area contributed by atoms with Gasteiger partial charge in [0, 0.05) is 25.4 Å². The molecule has 1 rings (SSSR count). The second-order valence-corrected chi connectivity index (χ2v) is 2.66. The first-order valence-corrected chi connectivity index (χ1v) is 4.14. The van der Waals surface area contributed by atoms with Crippen LogP contribution in [0, 0.1) is 0 Å². The summed E-state index contributed by atoms with van der Waals surface area (Å²) in [7, 11) is 1.47. The first kappa shape index (κ1) is 10.2. The van der Waals surface area contributed by atoms with Crippen molar-refractivity contribution in [3.8, 4) is 0 Å². The molecule has 1 heterocycles. The minimum atomic E-state index is -0.411. The molecule has 0 saturated heterocycles. The molecule has 0 aromatic carbocycles. The summed E-state index contributed by atoms with van der Waals surface area (Å²) in [5.74, 6) is 1.20. The van der Waals surface area contributed by atoms with Crippen LogP contribution in [0.15, 0.2) is 30.0 Å². The van der Waals surface area contributed by atoms with Crippen molar-refractivity contribution in [1.82, 2.24) is 10.3 Å². The van der Waals surface area contributed by atoms with Crippen molar-refractivity contribution >= 4 is 11.8 Å². The van der Waals surface area contributed by atoms with Gasteiger partial charge in [0.05, 0.1) is 0 Å². The highest BCUT2D eigenvalue weighted by atomic mass is 16.2. The standard InChI is InChI=1S/C10H10N2O2/c1-11-10(14)8(7-13)6-9-4-2-3-5-12-9/h2-5H,6H2,1H3,(H,11,14). The molecule has 4 nitrogen and oxygen atoms in total. The van der Waals surface area contributed by atoms with Gasteiger partial charge >= 0.3 is 0 Å². The second-order valence-electron chi connectivity index (χ2n) is 2.66. The fourth-order valence-electron chi connectivity index (χ4n) is 0.997. The Kier molecular flexibility index (Phi) is 3.58. The van der Waals surface area contributed by atoms with Crippen molar-refractivity contribution in [2.45, 2.75) is 6.42 Å². The number of carbonyl (C=O) groups excluding carboxylic acids is 2. The van der Waals surface area contributed by atoms with Gasteiger partial charge in [-0.05, 0) is 12.1 Å². The fraction of sp³-hybridized carbons (Fsp3) is 0.200. The molecule has 0 aliphatic rings.